The number of amides is 1. The van der Waals surface area contributed by atoms with Crippen LogP contribution >= 0.6 is 0 Å². The van der Waals surface area contributed by atoms with E-state index in [1.165, 1.54) is 12.8 Å². The molecule has 0 bridgehead atoms. The van der Waals surface area contributed by atoms with Gasteiger partial charge >= 0.3 is 0 Å². The van der Waals surface area contributed by atoms with Gasteiger partial charge in [0.25, 0.3) is 0 Å². The smallest absolute Gasteiger partial charge is 0.229 e. The highest BCUT2D eigenvalue weighted by atomic mass is 16.2. The molecule has 1 amide bonds. The summed E-state index contributed by atoms with van der Waals surface area (Å²) in [6.45, 7) is 7.13. The van der Waals surface area contributed by atoms with E-state index >= 15 is 0 Å². The number of rotatable bonds is 2. The van der Waals surface area contributed by atoms with Gasteiger partial charge in [0, 0.05) is 31.1 Å². The van der Waals surface area contributed by atoms with Crippen LogP contribution in [0.5, 0.6) is 0 Å². The Labute approximate surface area is 98.6 Å². The summed E-state index contributed by atoms with van der Waals surface area (Å²) in [5, 5.41) is 3.35. The maximum absolute atomic E-state index is 12.7. The van der Waals surface area contributed by atoms with Gasteiger partial charge in [0.1, 0.15) is 0 Å². The van der Waals surface area contributed by atoms with Gasteiger partial charge in [-0.1, -0.05) is 19.8 Å². The molecule has 1 aliphatic heterocycles. The molecule has 3 heteroatoms. The molecule has 2 fully saturated rings. The lowest BCUT2D eigenvalue weighted by molar-refractivity contribution is -0.145. The fraction of sp³-hybridized carbons (Fsp3) is 0.923. The van der Waals surface area contributed by atoms with E-state index in [1.54, 1.807) is 0 Å². The average Bonchev–Trinajstić information content (AvgIpc) is 2.78. The molecule has 1 saturated carbocycles. The van der Waals surface area contributed by atoms with Gasteiger partial charge < -0.3 is 10.2 Å². The predicted octanol–water partition coefficient (Wildman–Crippen LogP) is 1.78. The lowest BCUT2D eigenvalue weighted by Crippen LogP contribution is -2.56. The van der Waals surface area contributed by atoms with Crippen LogP contribution in [-0.2, 0) is 4.79 Å². The standard InChI is InChI=1S/C13H24N2O/c1-3-13(6-4-5-7-13)12(16)15-9-8-14-10-11(15)2/h11,14H,3-10H2,1-2H3/t11-/m1/s1. The molecule has 0 aromatic rings. The Balaban J connectivity index is 2.10. The summed E-state index contributed by atoms with van der Waals surface area (Å²) in [5.74, 6) is 0.432. The fourth-order valence-corrected chi connectivity index (χ4v) is 3.22. The number of hydrogen-bond donors (Lipinski definition) is 1. The van der Waals surface area contributed by atoms with Crippen LogP contribution in [-0.4, -0.2) is 36.5 Å². The van der Waals surface area contributed by atoms with Crippen molar-refractivity contribution >= 4 is 5.91 Å². The molecule has 0 spiro atoms. The van der Waals surface area contributed by atoms with Crippen molar-refractivity contribution in [1.29, 1.82) is 0 Å². The molecule has 1 N–H and O–H groups in total. The van der Waals surface area contributed by atoms with E-state index in [-0.39, 0.29) is 5.41 Å². The topological polar surface area (TPSA) is 32.3 Å². The first-order valence-electron chi connectivity index (χ1n) is 6.71. The van der Waals surface area contributed by atoms with Crippen molar-refractivity contribution in [3.8, 4) is 0 Å². The molecule has 0 unspecified atom stereocenters. The Morgan fingerprint density at radius 2 is 2.12 bits per heavy atom. The van der Waals surface area contributed by atoms with Crippen molar-refractivity contribution < 1.29 is 4.79 Å². The molecule has 92 valence electrons. The van der Waals surface area contributed by atoms with Crippen LogP contribution in [0, 0.1) is 5.41 Å². The number of piperazine rings is 1. The second kappa shape index (κ2) is 4.74. The molecule has 1 atom stereocenters. The molecule has 1 saturated heterocycles. The zero-order chi connectivity index (χ0) is 11.6. The third-order valence-corrected chi connectivity index (χ3v) is 4.45. The van der Waals surface area contributed by atoms with E-state index in [4.69, 9.17) is 0 Å². The number of nitrogens with one attached hydrogen (secondary N) is 1. The minimum absolute atomic E-state index is 0.00833. The third-order valence-electron chi connectivity index (χ3n) is 4.45. The van der Waals surface area contributed by atoms with Crippen molar-refractivity contribution in [1.82, 2.24) is 10.2 Å². The lowest BCUT2D eigenvalue weighted by Gasteiger charge is -2.40. The molecular weight excluding hydrogens is 200 g/mol. The van der Waals surface area contributed by atoms with Crippen LogP contribution in [0.1, 0.15) is 46.0 Å². The van der Waals surface area contributed by atoms with Gasteiger partial charge in [-0.25, -0.2) is 0 Å². The van der Waals surface area contributed by atoms with Crippen LogP contribution in [0.2, 0.25) is 0 Å². The summed E-state index contributed by atoms with van der Waals surface area (Å²) in [5.41, 5.74) is -0.00833. The van der Waals surface area contributed by atoms with Gasteiger partial charge in [-0.3, -0.25) is 4.79 Å². The molecule has 2 aliphatic rings. The van der Waals surface area contributed by atoms with Crippen molar-refractivity contribution in [2.75, 3.05) is 19.6 Å². The van der Waals surface area contributed by atoms with E-state index in [0.29, 0.717) is 11.9 Å². The maximum atomic E-state index is 12.7. The highest BCUT2D eigenvalue weighted by molar-refractivity contribution is 5.83. The Morgan fingerprint density at radius 1 is 1.44 bits per heavy atom. The molecular formula is C13H24N2O. The maximum Gasteiger partial charge on any atom is 0.229 e. The van der Waals surface area contributed by atoms with E-state index in [9.17, 15) is 4.79 Å². The van der Waals surface area contributed by atoms with E-state index in [1.807, 2.05) is 0 Å². The average molecular weight is 224 g/mol. The van der Waals surface area contributed by atoms with Crippen LogP contribution in [0.25, 0.3) is 0 Å². The highest BCUT2D eigenvalue weighted by Gasteiger charge is 2.43. The number of carbonyl (C=O) groups is 1. The summed E-state index contributed by atoms with van der Waals surface area (Å²) in [6, 6.07) is 0.366. The van der Waals surface area contributed by atoms with Gasteiger partial charge in [-0.15, -0.1) is 0 Å². The van der Waals surface area contributed by atoms with Gasteiger partial charge in [0.15, 0.2) is 0 Å². The SMILES string of the molecule is CCC1(C(=O)N2CCNC[C@H]2C)CCCC1. The molecule has 16 heavy (non-hydrogen) atoms. The summed E-state index contributed by atoms with van der Waals surface area (Å²) in [7, 11) is 0. The summed E-state index contributed by atoms with van der Waals surface area (Å²) in [4.78, 5) is 14.8. The third kappa shape index (κ3) is 1.97. The van der Waals surface area contributed by atoms with Crippen molar-refractivity contribution in [2.45, 2.75) is 52.0 Å². The van der Waals surface area contributed by atoms with Gasteiger partial charge in [0.2, 0.25) is 5.91 Å². The summed E-state index contributed by atoms with van der Waals surface area (Å²) in [6.07, 6.45) is 5.71. The van der Waals surface area contributed by atoms with Crippen LogP contribution in [0.15, 0.2) is 0 Å². The molecule has 1 heterocycles. The normalized spacial score (nSPS) is 29.4. The molecule has 0 aromatic carbocycles. The zero-order valence-corrected chi connectivity index (χ0v) is 10.6. The Hall–Kier alpha value is -0.570. The van der Waals surface area contributed by atoms with E-state index in [2.05, 4.69) is 24.1 Å². The van der Waals surface area contributed by atoms with E-state index < -0.39 is 0 Å². The molecule has 0 aromatic heterocycles. The van der Waals surface area contributed by atoms with Gasteiger partial charge in [0.05, 0.1) is 0 Å². The van der Waals surface area contributed by atoms with Crippen molar-refractivity contribution in [2.24, 2.45) is 5.41 Å². The zero-order valence-electron chi connectivity index (χ0n) is 10.6. The number of carbonyl (C=O) groups excluding carboxylic acids is 1. The van der Waals surface area contributed by atoms with E-state index in [0.717, 1.165) is 38.9 Å². The largest absolute Gasteiger partial charge is 0.337 e. The highest BCUT2D eigenvalue weighted by Crippen LogP contribution is 2.42. The first-order valence-corrected chi connectivity index (χ1v) is 6.71. The Bertz CT molecular complexity index is 259. The minimum Gasteiger partial charge on any atom is -0.337 e. The lowest BCUT2D eigenvalue weighted by atomic mass is 9.81. The number of hydrogen-bond acceptors (Lipinski definition) is 2. The van der Waals surface area contributed by atoms with Crippen LogP contribution in [0.4, 0.5) is 0 Å². The second-order valence-corrected chi connectivity index (χ2v) is 5.39. The first kappa shape index (κ1) is 11.9. The summed E-state index contributed by atoms with van der Waals surface area (Å²) < 4.78 is 0. The first-order chi connectivity index (χ1) is 7.69. The summed E-state index contributed by atoms with van der Waals surface area (Å²) >= 11 is 0. The Kier molecular flexibility index (Phi) is 3.53. The molecule has 2 rings (SSSR count). The Morgan fingerprint density at radius 3 is 2.69 bits per heavy atom. The van der Waals surface area contributed by atoms with Crippen molar-refractivity contribution in [3.63, 3.8) is 0 Å². The number of nitrogens with zero attached hydrogens (tertiary/aromatic N) is 1. The van der Waals surface area contributed by atoms with Crippen LogP contribution < -0.4 is 5.32 Å². The van der Waals surface area contributed by atoms with Crippen LogP contribution in [0.3, 0.4) is 0 Å². The molecule has 3 nitrogen and oxygen atoms in total. The monoisotopic (exact) mass is 224 g/mol. The predicted molar refractivity (Wildman–Crippen MR) is 65.2 cm³/mol. The molecule has 0 radical (unpaired) electrons. The minimum atomic E-state index is -0.00833. The second-order valence-electron chi connectivity index (χ2n) is 5.39. The van der Waals surface area contributed by atoms with Crippen molar-refractivity contribution in [3.05, 3.63) is 0 Å². The van der Waals surface area contributed by atoms with Gasteiger partial charge in [-0.2, -0.15) is 0 Å². The molecule has 1 aliphatic carbocycles. The van der Waals surface area contributed by atoms with Gasteiger partial charge in [-0.05, 0) is 26.2 Å². The fourth-order valence-electron chi connectivity index (χ4n) is 3.22. The quantitative estimate of drug-likeness (QED) is 0.775.